The summed E-state index contributed by atoms with van der Waals surface area (Å²) >= 11 is 1.49. The van der Waals surface area contributed by atoms with Gasteiger partial charge in [0, 0.05) is 11.9 Å². The first-order valence-electron chi connectivity index (χ1n) is 9.28. The number of aryl methyl sites for hydroxylation is 1. The second kappa shape index (κ2) is 5.45. The number of nitrogens with two attached hydrogens (primary N) is 1. The van der Waals surface area contributed by atoms with Gasteiger partial charge in [-0.1, -0.05) is 13.8 Å². The summed E-state index contributed by atoms with van der Waals surface area (Å²) in [6.07, 6.45) is 9.12. The molecule has 1 aromatic heterocycles. The normalized spacial score (nSPS) is 40.0. The monoisotopic (exact) mass is 347 g/mol. The molecule has 5 heteroatoms. The van der Waals surface area contributed by atoms with Crippen LogP contribution in [0.5, 0.6) is 0 Å². The molecule has 4 aliphatic carbocycles. The number of thiazole rings is 1. The van der Waals surface area contributed by atoms with E-state index in [4.69, 9.17) is 5.73 Å². The van der Waals surface area contributed by atoms with Gasteiger partial charge in [-0.05, 0) is 68.1 Å². The van der Waals surface area contributed by atoms with E-state index in [1.54, 1.807) is 0 Å². The summed E-state index contributed by atoms with van der Waals surface area (Å²) in [6.45, 7) is 5.59. The summed E-state index contributed by atoms with van der Waals surface area (Å²) < 4.78 is 0. The van der Waals surface area contributed by atoms with E-state index in [-0.39, 0.29) is 5.41 Å². The minimum atomic E-state index is -0.0893. The van der Waals surface area contributed by atoms with E-state index < -0.39 is 0 Å². The largest absolute Gasteiger partial charge is 0.375 e. The molecule has 0 saturated heterocycles. The number of aromatic nitrogens is 1. The fourth-order valence-electron chi connectivity index (χ4n) is 6.80. The number of anilines is 1. The maximum atomic E-state index is 13.1. The highest BCUT2D eigenvalue weighted by Crippen LogP contribution is 2.69. The van der Waals surface area contributed by atoms with Crippen LogP contribution in [0.15, 0.2) is 5.38 Å². The molecule has 4 fully saturated rings. The Bertz CT molecular complexity index is 637. The Morgan fingerprint density at radius 2 is 2.00 bits per heavy atom. The number of carbonyl (C=O) groups excluding carboxylic acids is 1. The lowest BCUT2D eigenvalue weighted by Crippen LogP contribution is -2.59. The smallest absolute Gasteiger partial charge is 0.226 e. The van der Waals surface area contributed by atoms with Crippen molar-refractivity contribution in [3.63, 3.8) is 0 Å². The Morgan fingerprint density at radius 3 is 2.58 bits per heavy atom. The van der Waals surface area contributed by atoms with Crippen LogP contribution in [-0.2, 0) is 11.2 Å². The maximum Gasteiger partial charge on any atom is 0.226 e. The van der Waals surface area contributed by atoms with Crippen LogP contribution in [0.3, 0.4) is 0 Å². The summed E-state index contributed by atoms with van der Waals surface area (Å²) in [7, 11) is 0. The van der Waals surface area contributed by atoms with E-state index in [0.717, 1.165) is 50.3 Å². The van der Waals surface area contributed by atoms with Gasteiger partial charge in [0.2, 0.25) is 5.91 Å². The van der Waals surface area contributed by atoms with Crippen LogP contribution >= 0.6 is 11.3 Å². The average Bonchev–Trinajstić information content (AvgIpc) is 2.85. The molecule has 0 aliphatic heterocycles. The summed E-state index contributed by atoms with van der Waals surface area (Å²) in [5, 5.41) is 5.90. The third-order valence-electron chi connectivity index (χ3n) is 6.57. The van der Waals surface area contributed by atoms with E-state index in [1.165, 1.54) is 30.6 Å². The van der Waals surface area contributed by atoms with Crippen molar-refractivity contribution in [1.29, 1.82) is 0 Å². The van der Waals surface area contributed by atoms with Crippen LogP contribution in [0.25, 0.3) is 0 Å². The van der Waals surface area contributed by atoms with Crippen molar-refractivity contribution >= 4 is 22.4 Å². The molecular formula is C19H29N3OS. The van der Waals surface area contributed by atoms with Crippen LogP contribution in [0.2, 0.25) is 0 Å². The molecule has 0 radical (unpaired) electrons. The van der Waals surface area contributed by atoms with Crippen molar-refractivity contribution in [2.45, 2.75) is 65.2 Å². The molecule has 1 heterocycles. The Balaban J connectivity index is 1.36. The van der Waals surface area contributed by atoms with Gasteiger partial charge in [0.25, 0.3) is 0 Å². The summed E-state index contributed by atoms with van der Waals surface area (Å²) in [4.78, 5) is 17.3. The molecule has 24 heavy (non-hydrogen) atoms. The van der Waals surface area contributed by atoms with Gasteiger partial charge >= 0.3 is 0 Å². The molecule has 4 aliphatic rings. The molecular weight excluding hydrogens is 318 g/mol. The Morgan fingerprint density at radius 1 is 1.29 bits per heavy atom. The van der Waals surface area contributed by atoms with E-state index in [0.29, 0.717) is 21.9 Å². The van der Waals surface area contributed by atoms with Gasteiger partial charge in [-0.25, -0.2) is 4.98 Å². The van der Waals surface area contributed by atoms with E-state index in [1.807, 2.05) is 5.38 Å². The number of nitrogens with one attached hydrogen (secondary N) is 1. The molecule has 4 saturated carbocycles. The second-order valence-electron chi connectivity index (χ2n) is 9.45. The Labute approximate surface area is 148 Å². The molecule has 5 rings (SSSR count). The fourth-order valence-corrected chi connectivity index (χ4v) is 7.39. The number of hydrogen-bond acceptors (Lipinski definition) is 4. The molecule has 0 aromatic carbocycles. The first-order chi connectivity index (χ1) is 11.3. The van der Waals surface area contributed by atoms with Crippen LogP contribution < -0.4 is 11.1 Å². The predicted molar refractivity (Wildman–Crippen MR) is 97.7 cm³/mol. The summed E-state index contributed by atoms with van der Waals surface area (Å²) in [5.74, 6) is 1.09. The van der Waals surface area contributed by atoms with E-state index >= 15 is 0 Å². The number of nitrogen functional groups attached to an aromatic ring is 1. The number of rotatable bonds is 5. The average molecular weight is 348 g/mol. The zero-order chi connectivity index (χ0) is 17.0. The van der Waals surface area contributed by atoms with Crippen LogP contribution in [-0.4, -0.2) is 17.4 Å². The van der Waals surface area contributed by atoms with Gasteiger partial charge in [0.15, 0.2) is 5.13 Å². The van der Waals surface area contributed by atoms with E-state index in [2.05, 4.69) is 24.1 Å². The fraction of sp³-hybridized carbons (Fsp3) is 0.789. The number of hydrogen-bond donors (Lipinski definition) is 2. The van der Waals surface area contributed by atoms with Gasteiger partial charge < -0.3 is 11.1 Å². The quantitative estimate of drug-likeness (QED) is 0.797. The molecule has 1 amide bonds. The topological polar surface area (TPSA) is 68.0 Å². The first-order valence-corrected chi connectivity index (χ1v) is 10.2. The zero-order valence-corrected chi connectivity index (χ0v) is 15.7. The third-order valence-corrected chi connectivity index (χ3v) is 7.30. The number of carbonyl (C=O) groups is 1. The lowest BCUT2D eigenvalue weighted by molar-refractivity contribution is -0.170. The van der Waals surface area contributed by atoms with Crippen molar-refractivity contribution in [2.24, 2.45) is 22.2 Å². The maximum absolute atomic E-state index is 13.1. The standard InChI is InChI=1S/C19H29N3OS/c1-17-6-13-7-18(2,10-17)12-19(8-13,11-17)15(23)21-5-3-4-14-9-24-16(20)22-14/h9,13H,3-8,10-12H2,1-2H3,(H2,20,22)(H,21,23)/t13?,17-,18-,19?/m0/s1. The predicted octanol–water partition coefficient (Wildman–Crippen LogP) is 3.77. The van der Waals surface area contributed by atoms with Crippen LogP contribution in [0.1, 0.15) is 64.5 Å². The van der Waals surface area contributed by atoms with Gasteiger partial charge in [0.1, 0.15) is 0 Å². The van der Waals surface area contributed by atoms with Gasteiger partial charge in [-0.15, -0.1) is 11.3 Å². The van der Waals surface area contributed by atoms with Crippen molar-refractivity contribution in [3.05, 3.63) is 11.1 Å². The van der Waals surface area contributed by atoms with Crippen molar-refractivity contribution in [1.82, 2.24) is 10.3 Å². The number of nitrogens with zero attached hydrogens (tertiary/aromatic N) is 1. The van der Waals surface area contributed by atoms with Crippen LogP contribution in [0, 0.1) is 22.2 Å². The van der Waals surface area contributed by atoms with Crippen molar-refractivity contribution in [3.8, 4) is 0 Å². The lowest BCUT2D eigenvalue weighted by Gasteiger charge is -2.64. The minimum absolute atomic E-state index is 0.0893. The highest BCUT2D eigenvalue weighted by Gasteiger charge is 2.62. The molecule has 132 valence electrons. The molecule has 0 spiro atoms. The van der Waals surface area contributed by atoms with Gasteiger partial charge in [-0.2, -0.15) is 0 Å². The molecule has 4 bridgehead atoms. The summed E-state index contributed by atoms with van der Waals surface area (Å²) in [5.41, 5.74) is 7.40. The Kier molecular flexibility index (Phi) is 3.72. The van der Waals surface area contributed by atoms with Crippen LogP contribution in [0.4, 0.5) is 5.13 Å². The minimum Gasteiger partial charge on any atom is -0.375 e. The van der Waals surface area contributed by atoms with Gasteiger partial charge in [0.05, 0.1) is 11.1 Å². The first kappa shape index (κ1) is 16.4. The third kappa shape index (κ3) is 2.85. The molecule has 4 nitrogen and oxygen atoms in total. The molecule has 0 unspecified atom stereocenters. The molecule has 2 atom stereocenters. The second-order valence-corrected chi connectivity index (χ2v) is 10.3. The molecule has 1 aromatic rings. The zero-order valence-electron chi connectivity index (χ0n) is 14.9. The highest BCUT2D eigenvalue weighted by atomic mass is 32.1. The lowest BCUT2D eigenvalue weighted by atomic mass is 9.40. The van der Waals surface area contributed by atoms with E-state index in [9.17, 15) is 4.79 Å². The van der Waals surface area contributed by atoms with Gasteiger partial charge in [-0.3, -0.25) is 4.79 Å². The number of amides is 1. The van der Waals surface area contributed by atoms with Crippen molar-refractivity contribution in [2.75, 3.05) is 12.3 Å². The SMILES string of the molecule is C[C@@]12CC3CC(C(=O)NCCCc4csc(N)n4)(C1)C[C@@](C)(C3)C2. The summed E-state index contributed by atoms with van der Waals surface area (Å²) in [6, 6.07) is 0. The van der Waals surface area contributed by atoms with Crippen molar-refractivity contribution < 1.29 is 4.79 Å². The Hall–Kier alpha value is -1.10. The molecule has 3 N–H and O–H groups in total. The highest BCUT2D eigenvalue weighted by molar-refractivity contribution is 7.13.